The Bertz CT molecular complexity index is 607. The molecular weight excluding hydrogens is 266 g/mol. The van der Waals surface area contributed by atoms with E-state index in [4.69, 9.17) is 4.52 Å². The van der Waals surface area contributed by atoms with Crippen molar-refractivity contribution in [2.75, 3.05) is 11.9 Å². The number of carbonyl (C=O) groups is 1. The second-order valence-corrected chi connectivity index (χ2v) is 5.08. The molecule has 0 saturated heterocycles. The van der Waals surface area contributed by atoms with E-state index >= 15 is 0 Å². The number of benzene rings is 1. The summed E-state index contributed by atoms with van der Waals surface area (Å²) in [5.74, 6) is 0.351. The molecular formula is C16H21N3O2. The van der Waals surface area contributed by atoms with Crippen molar-refractivity contribution in [1.82, 2.24) is 10.5 Å². The number of carbonyl (C=O) groups excluding carboxylic acids is 1. The molecule has 21 heavy (non-hydrogen) atoms. The van der Waals surface area contributed by atoms with Crippen molar-refractivity contribution in [3.05, 3.63) is 47.3 Å². The third-order valence-electron chi connectivity index (χ3n) is 3.21. The smallest absolute Gasteiger partial charge is 0.277 e. The Balaban J connectivity index is 2.05. The maximum atomic E-state index is 12.0. The van der Waals surface area contributed by atoms with E-state index in [0.29, 0.717) is 5.76 Å². The molecule has 2 aromatic rings. The van der Waals surface area contributed by atoms with Gasteiger partial charge in [0, 0.05) is 17.8 Å². The maximum absolute atomic E-state index is 12.0. The third kappa shape index (κ3) is 4.16. The average molecular weight is 287 g/mol. The fourth-order valence-corrected chi connectivity index (χ4v) is 2.03. The number of hydrogen-bond donors (Lipinski definition) is 2. The summed E-state index contributed by atoms with van der Waals surface area (Å²) in [5, 5.41) is 9.97. The van der Waals surface area contributed by atoms with Gasteiger partial charge in [-0.2, -0.15) is 0 Å². The van der Waals surface area contributed by atoms with E-state index in [1.54, 1.807) is 13.0 Å². The number of rotatable bonds is 6. The molecule has 1 amide bonds. The highest BCUT2D eigenvalue weighted by Crippen LogP contribution is 2.18. The molecule has 112 valence electrons. The highest BCUT2D eigenvalue weighted by molar-refractivity contribution is 6.02. The van der Waals surface area contributed by atoms with Crippen molar-refractivity contribution in [3.63, 3.8) is 0 Å². The Morgan fingerprint density at radius 2 is 2.19 bits per heavy atom. The SMILES string of the molecule is CCCNC(C)c1cccc(NC(=O)c2cc(C)on2)c1. The van der Waals surface area contributed by atoms with Crippen LogP contribution in [0.25, 0.3) is 0 Å². The van der Waals surface area contributed by atoms with Gasteiger partial charge in [0.15, 0.2) is 5.69 Å². The number of aryl methyl sites for hydroxylation is 1. The molecule has 1 aromatic carbocycles. The number of aromatic nitrogens is 1. The summed E-state index contributed by atoms with van der Waals surface area (Å²) < 4.78 is 4.91. The van der Waals surface area contributed by atoms with Crippen LogP contribution >= 0.6 is 0 Å². The summed E-state index contributed by atoms with van der Waals surface area (Å²) in [6.45, 7) is 6.97. The van der Waals surface area contributed by atoms with Crippen LogP contribution < -0.4 is 10.6 Å². The largest absolute Gasteiger partial charge is 0.361 e. The summed E-state index contributed by atoms with van der Waals surface area (Å²) >= 11 is 0. The fourth-order valence-electron chi connectivity index (χ4n) is 2.03. The summed E-state index contributed by atoms with van der Waals surface area (Å²) in [6, 6.07) is 9.67. The van der Waals surface area contributed by atoms with Crippen LogP contribution in [-0.4, -0.2) is 17.6 Å². The Labute approximate surface area is 124 Å². The molecule has 2 N–H and O–H groups in total. The molecule has 0 bridgehead atoms. The number of amides is 1. The molecule has 0 aliphatic rings. The van der Waals surface area contributed by atoms with Crippen molar-refractivity contribution in [3.8, 4) is 0 Å². The molecule has 1 aromatic heterocycles. The number of hydrogen-bond acceptors (Lipinski definition) is 4. The topological polar surface area (TPSA) is 67.2 Å². The minimum Gasteiger partial charge on any atom is -0.361 e. The van der Waals surface area contributed by atoms with Gasteiger partial charge in [0.1, 0.15) is 5.76 Å². The van der Waals surface area contributed by atoms with Crippen molar-refractivity contribution in [1.29, 1.82) is 0 Å². The van der Waals surface area contributed by atoms with Crippen LogP contribution in [0.1, 0.15) is 48.1 Å². The second kappa shape index (κ2) is 7.04. The minimum atomic E-state index is -0.266. The van der Waals surface area contributed by atoms with Gasteiger partial charge in [-0.3, -0.25) is 4.79 Å². The van der Waals surface area contributed by atoms with Crippen LogP contribution in [-0.2, 0) is 0 Å². The highest BCUT2D eigenvalue weighted by atomic mass is 16.5. The first kappa shape index (κ1) is 15.3. The van der Waals surface area contributed by atoms with Gasteiger partial charge in [0.25, 0.3) is 5.91 Å². The van der Waals surface area contributed by atoms with Crippen LogP contribution in [0, 0.1) is 6.92 Å². The number of nitrogens with zero attached hydrogens (tertiary/aromatic N) is 1. The van der Waals surface area contributed by atoms with E-state index in [1.807, 2.05) is 24.3 Å². The second-order valence-electron chi connectivity index (χ2n) is 5.08. The van der Waals surface area contributed by atoms with Crippen LogP contribution in [0.5, 0.6) is 0 Å². The van der Waals surface area contributed by atoms with Gasteiger partial charge in [-0.25, -0.2) is 0 Å². The van der Waals surface area contributed by atoms with Crippen molar-refractivity contribution >= 4 is 11.6 Å². The lowest BCUT2D eigenvalue weighted by Crippen LogP contribution is -2.19. The van der Waals surface area contributed by atoms with Gasteiger partial charge < -0.3 is 15.2 Å². The molecule has 2 rings (SSSR count). The summed E-state index contributed by atoms with van der Waals surface area (Å²) in [6.07, 6.45) is 1.09. The molecule has 1 atom stereocenters. The van der Waals surface area contributed by atoms with E-state index in [-0.39, 0.29) is 17.6 Å². The molecule has 0 saturated carbocycles. The molecule has 0 fully saturated rings. The molecule has 0 aliphatic heterocycles. The Hall–Kier alpha value is -2.14. The molecule has 0 spiro atoms. The predicted octanol–water partition coefficient (Wildman–Crippen LogP) is 3.30. The Morgan fingerprint density at radius 3 is 2.86 bits per heavy atom. The lowest BCUT2D eigenvalue weighted by molar-refractivity contribution is 0.101. The monoisotopic (exact) mass is 287 g/mol. The molecule has 0 radical (unpaired) electrons. The molecule has 5 nitrogen and oxygen atoms in total. The fraction of sp³-hybridized carbons (Fsp3) is 0.375. The van der Waals surface area contributed by atoms with Crippen molar-refractivity contribution in [2.24, 2.45) is 0 Å². The van der Waals surface area contributed by atoms with E-state index in [1.165, 1.54) is 0 Å². The average Bonchev–Trinajstić information content (AvgIpc) is 2.91. The van der Waals surface area contributed by atoms with Gasteiger partial charge in [0.05, 0.1) is 0 Å². The normalized spacial score (nSPS) is 12.1. The molecule has 1 heterocycles. The van der Waals surface area contributed by atoms with E-state index in [0.717, 1.165) is 24.2 Å². The summed E-state index contributed by atoms with van der Waals surface area (Å²) in [7, 11) is 0. The quantitative estimate of drug-likeness (QED) is 0.855. The Kier molecular flexibility index (Phi) is 5.11. The van der Waals surface area contributed by atoms with Crippen LogP contribution in [0.2, 0.25) is 0 Å². The van der Waals surface area contributed by atoms with Crippen LogP contribution in [0.15, 0.2) is 34.9 Å². The number of nitrogens with one attached hydrogen (secondary N) is 2. The third-order valence-corrected chi connectivity index (χ3v) is 3.21. The standard InChI is InChI=1S/C16H21N3O2/c1-4-8-17-12(3)13-6-5-7-14(10-13)18-16(20)15-9-11(2)21-19-15/h5-7,9-10,12,17H,4,8H2,1-3H3,(H,18,20). The zero-order chi connectivity index (χ0) is 15.2. The molecule has 0 aliphatic carbocycles. The van der Waals surface area contributed by atoms with Crippen molar-refractivity contribution in [2.45, 2.75) is 33.2 Å². The van der Waals surface area contributed by atoms with Gasteiger partial charge >= 0.3 is 0 Å². The lowest BCUT2D eigenvalue weighted by Gasteiger charge is -2.14. The Morgan fingerprint density at radius 1 is 1.38 bits per heavy atom. The van der Waals surface area contributed by atoms with Crippen molar-refractivity contribution < 1.29 is 9.32 Å². The zero-order valence-corrected chi connectivity index (χ0v) is 12.6. The van der Waals surface area contributed by atoms with Gasteiger partial charge in [-0.05, 0) is 44.5 Å². The summed E-state index contributed by atoms with van der Waals surface area (Å²) in [5.41, 5.74) is 2.18. The highest BCUT2D eigenvalue weighted by Gasteiger charge is 2.12. The van der Waals surface area contributed by atoms with Crippen LogP contribution in [0.3, 0.4) is 0 Å². The predicted molar refractivity (Wildman–Crippen MR) is 82.3 cm³/mol. The lowest BCUT2D eigenvalue weighted by atomic mass is 10.1. The first-order chi connectivity index (χ1) is 10.1. The van der Waals surface area contributed by atoms with Gasteiger partial charge in [-0.1, -0.05) is 24.2 Å². The number of anilines is 1. The van der Waals surface area contributed by atoms with E-state index in [2.05, 4.69) is 29.6 Å². The van der Waals surface area contributed by atoms with Gasteiger partial charge in [-0.15, -0.1) is 0 Å². The maximum Gasteiger partial charge on any atom is 0.277 e. The summed E-state index contributed by atoms with van der Waals surface area (Å²) in [4.78, 5) is 12.0. The molecule has 5 heteroatoms. The van der Waals surface area contributed by atoms with E-state index < -0.39 is 0 Å². The zero-order valence-electron chi connectivity index (χ0n) is 12.6. The van der Waals surface area contributed by atoms with Gasteiger partial charge in [0.2, 0.25) is 0 Å². The first-order valence-corrected chi connectivity index (χ1v) is 7.18. The minimum absolute atomic E-state index is 0.246. The molecule has 1 unspecified atom stereocenters. The van der Waals surface area contributed by atoms with E-state index in [9.17, 15) is 4.79 Å². The first-order valence-electron chi connectivity index (χ1n) is 7.18. The van der Waals surface area contributed by atoms with Crippen LogP contribution in [0.4, 0.5) is 5.69 Å².